The van der Waals surface area contributed by atoms with E-state index >= 15 is 0 Å². The van der Waals surface area contributed by atoms with E-state index in [1.165, 1.54) is 14.2 Å². The summed E-state index contributed by atoms with van der Waals surface area (Å²) in [6.07, 6.45) is 1.29. The van der Waals surface area contributed by atoms with Gasteiger partial charge in [-0.05, 0) is 12.3 Å². The van der Waals surface area contributed by atoms with Gasteiger partial charge in [0, 0.05) is 20.4 Å². The predicted octanol–water partition coefficient (Wildman–Crippen LogP) is 1.85. The van der Waals surface area contributed by atoms with Crippen molar-refractivity contribution in [1.29, 1.82) is 0 Å². The molecule has 5 heteroatoms. The van der Waals surface area contributed by atoms with E-state index in [4.69, 9.17) is 9.47 Å². The minimum atomic E-state index is -0.423. The highest BCUT2D eigenvalue weighted by Crippen LogP contribution is 2.23. The number of hydrogen-bond donors (Lipinski definition) is 2. The summed E-state index contributed by atoms with van der Waals surface area (Å²) in [6.45, 7) is 8.55. The Balaban J connectivity index is 4.04. The van der Waals surface area contributed by atoms with Gasteiger partial charge in [0.1, 0.15) is 0 Å². The van der Waals surface area contributed by atoms with Gasteiger partial charge in [-0.1, -0.05) is 26.3 Å². The summed E-state index contributed by atoms with van der Waals surface area (Å²) in [5, 5.41) is 5.32. The van der Waals surface area contributed by atoms with Crippen molar-refractivity contribution in [1.82, 2.24) is 10.6 Å². The molecule has 0 aromatic heterocycles. The fraction of sp³-hybridized carbons (Fsp3) is 0.750. The molecule has 0 aliphatic rings. The highest BCUT2D eigenvalue weighted by molar-refractivity contribution is 5.74. The first-order valence-corrected chi connectivity index (χ1v) is 5.58. The van der Waals surface area contributed by atoms with E-state index in [-0.39, 0.29) is 11.4 Å². The largest absolute Gasteiger partial charge is 0.354 e. The summed E-state index contributed by atoms with van der Waals surface area (Å²) in [5.74, 6) is 0. The molecule has 0 atom stereocenters. The number of nitrogens with one attached hydrogen (secondary N) is 2. The Kier molecular flexibility index (Phi) is 6.83. The van der Waals surface area contributed by atoms with Crippen LogP contribution in [0.4, 0.5) is 4.79 Å². The quantitative estimate of drug-likeness (QED) is 0.726. The van der Waals surface area contributed by atoms with Crippen molar-refractivity contribution in [2.75, 3.05) is 20.8 Å². The molecule has 0 aliphatic carbocycles. The molecule has 0 fully saturated rings. The molecule has 0 aromatic carbocycles. The lowest BCUT2D eigenvalue weighted by molar-refractivity contribution is -0.0971. The molecular formula is C12H24N2O3. The standard InChI is InChI=1S/C12H24N2O3/c1-9(12(2,3)4)7-13-11(15)14-8-10(16-5)17-6/h7,10H,8H2,1-6H3,(H2,13,14,15)/b9-7+. The first kappa shape index (κ1) is 15.9. The third-order valence-electron chi connectivity index (χ3n) is 2.56. The minimum Gasteiger partial charge on any atom is -0.354 e. The topological polar surface area (TPSA) is 59.6 Å². The lowest BCUT2D eigenvalue weighted by atomic mass is 9.88. The SMILES string of the molecule is COC(CNC(=O)N/C=C(\C)C(C)(C)C)OC. The molecule has 100 valence electrons. The van der Waals surface area contributed by atoms with Gasteiger partial charge >= 0.3 is 6.03 Å². The van der Waals surface area contributed by atoms with Gasteiger partial charge in [-0.15, -0.1) is 0 Å². The van der Waals surface area contributed by atoms with E-state index in [9.17, 15) is 4.79 Å². The van der Waals surface area contributed by atoms with Gasteiger partial charge in [-0.2, -0.15) is 0 Å². The predicted molar refractivity (Wildman–Crippen MR) is 67.6 cm³/mol. The van der Waals surface area contributed by atoms with Crippen LogP contribution in [0.2, 0.25) is 0 Å². The first-order valence-electron chi connectivity index (χ1n) is 5.58. The van der Waals surface area contributed by atoms with Crippen LogP contribution in [-0.4, -0.2) is 33.1 Å². The zero-order valence-corrected chi connectivity index (χ0v) is 11.6. The number of ether oxygens (including phenoxy) is 2. The molecule has 0 saturated heterocycles. The molecule has 5 nitrogen and oxygen atoms in total. The summed E-state index contributed by atoms with van der Waals surface area (Å²) in [6, 6.07) is -0.271. The van der Waals surface area contributed by atoms with Gasteiger partial charge in [0.15, 0.2) is 6.29 Å². The van der Waals surface area contributed by atoms with Crippen molar-refractivity contribution in [2.24, 2.45) is 5.41 Å². The average molecular weight is 244 g/mol. The van der Waals surface area contributed by atoms with Crippen molar-refractivity contribution < 1.29 is 14.3 Å². The van der Waals surface area contributed by atoms with Crippen LogP contribution >= 0.6 is 0 Å². The lowest BCUT2D eigenvalue weighted by Crippen LogP contribution is -2.39. The minimum absolute atomic E-state index is 0.0505. The molecule has 0 aromatic rings. The van der Waals surface area contributed by atoms with E-state index < -0.39 is 6.29 Å². The van der Waals surface area contributed by atoms with Gasteiger partial charge in [-0.3, -0.25) is 0 Å². The van der Waals surface area contributed by atoms with Gasteiger partial charge < -0.3 is 20.1 Å². The molecule has 0 unspecified atom stereocenters. The first-order chi connectivity index (χ1) is 7.81. The van der Waals surface area contributed by atoms with Gasteiger partial charge in [0.05, 0.1) is 6.54 Å². The monoisotopic (exact) mass is 244 g/mol. The summed E-state index contributed by atoms with van der Waals surface area (Å²) in [4.78, 5) is 11.4. The smallest absolute Gasteiger partial charge is 0.318 e. The van der Waals surface area contributed by atoms with E-state index in [2.05, 4.69) is 31.4 Å². The molecule has 0 heterocycles. The van der Waals surface area contributed by atoms with Gasteiger partial charge in [-0.25, -0.2) is 4.79 Å². The molecule has 0 aliphatic heterocycles. The number of rotatable bonds is 5. The second-order valence-corrected chi connectivity index (χ2v) is 4.83. The Morgan fingerprint density at radius 2 is 1.82 bits per heavy atom. The third-order valence-corrected chi connectivity index (χ3v) is 2.56. The van der Waals surface area contributed by atoms with Crippen molar-refractivity contribution >= 4 is 6.03 Å². The number of allylic oxidation sites excluding steroid dienone is 1. The summed E-state index contributed by atoms with van der Waals surface area (Å²) >= 11 is 0. The summed E-state index contributed by atoms with van der Waals surface area (Å²) in [7, 11) is 3.05. The highest BCUT2D eigenvalue weighted by atomic mass is 16.7. The van der Waals surface area contributed by atoms with Crippen molar-refractivity contribution in [3.05, 3.63) is 11.8 Å². The van der Waals surface area contributed by atoms with Gasteiger partial charge in [0.25, 0.3) is 0 Å². The van der Waals surface area contributed by atoms with Crippen molar-refractivity contribution in [2.45, 2.75) is 34.0 Å². The number of hydrogen-bond acceptors (Lipinski definition) is 3. The molecular weight excluding hydrogens is 220 g/mol. The molecule has 0 spiro atoms. The zero-order chi connectivity index (χ0) is 13.5. The fourth-order valence-corrected chi connectivity index (χ4v) is 0.880. The number of carbonyl (C=O) groups excluding carboxylic acids is 1. The summed E-state index contributed by atoms with van der Waals surface area (Å²) in [5.41, 5.74) is 1.15. The second kappa shape index (κ2) is 7.29. The molecule has 0 saturated carbocycles. The fourth-order valence-electron chi connectivity index (χ4n) is 0.880. The van der Waals surface area contributed by atoms with Crippen LogP contribution in [0.1, 0.15) is 27.7 Å². The van der Waals surface area contributed by atoms with E-state index in [0.29, 0.717) is 6.54 Å². The number of carbonyl (C=O) groups is 1. The van der Waals surface area contributed by atoms with Crippen LogP contribution < -0.4 is 10.6 Å². The maximum atomic E-state index is 11.4. The van der Waals surface area contributed by atoms with Crippen LogP contribution in [0.3, 0.4) is 0 Å². The number of urea groups is 1. The molecule has 17 heavy (non-hydrogen) atoms. The van der Waals surface area contributed by atoms with E-state index in [0.717, 1.165) is 5.57 Å². The van der Waals surface area contributed by atoms with Crippen LogP contribution in [-0.2, 0) is 9.47 Å². The van der Waals surface area contributed by atoms with Crippen LogP contribution in [0.5, 0.6) is 0 Å². The van der Waals surface area contributed by atoms with Crippen molar-refractivity contribution in [3.63, 3.8) is 0 Å². The Labute approximate surface area is 104 Å². The maximum absolute atomic E-state index is 11.4. The number of methoxy groups -OCH3 is 2. The Bertz CT molecular complexity index is 265. The second-order valence-electron chi connectivity index (χ2n) is 4.83. The van der Waals surface area contributed by atoms with Gasteiger partial charge in [0.2, 0.25) is 0 Å². The molecule has 2 amide bonds. The Hall–Kier alpha value is -1.07. The number of amides is 2. The molecule has 0 rings (SSSR count). The maximum Gasteiger partial charge on any atom is 0.318 e. The van der Waals surface area contributed by atoms with Crippen LogP contribution in [0.25, 0.3) is 0 Å². The lowest BCUT2D eigenvalue weighted by Gasteiger charge is -2.19. The Morgan fingerprint density at radius 3 is 2.24 bits per heavy atom. The van der Waals surface area contributed by atoms with Crippen molar-refractivity contribution in [3.8, 4) is 0 Å². The highest BCUT2D eigenvalue weighted by Gasteiger charge is 2.12. The molecule has 0 radical (unpaired) electrons. The van der Waals surface area contributed by atoms with Crippen LogP contribution in [0, 0.1) is 5.41 Å². The molecule has 0 bridgehead atoms. The molecule has 2 N–H and O–H groups in total. The summed E-state index contributed by atoms with van der Waals surface area (Å²) < 4.78 is 9.90. The van der Waals surface area contributed by atoms with E-state index in [1.54, 1.807) is 6.20 Å². The van der Waals surface area contributed by atoms with E-state index in [1.807, 2.05) is 6.92 Å². The normalized spacial score (nSPS) is 12.8. The third kappa shape index (κ3) is 6.97. The average Bonchev–Trinajstić information content (AvgIpc) is 2.25. The van der Waals surface area contributed by atoms with Crippen LogP contribution in [0.15, 0.2) is 11.8 Å². The zero-order valence-electron chi connectivity index (χ0n) is 11.6. The Morgan fingerprint density at radius 1 is 1.29 bits per heavy atom.